The third kappa shape index (κ3) is 4.02. The summed E-state index contributed by atoms with van der Waals surface area (Å²) in [5.41, 5.74) is 0.507. The minimum absolute atomic E-state index is 0.0501. The number of rotatable bonds is 5. The van der Waals surface area contributed by atoms with Crippen LogP contribution in [0.15, 0.2) is 48.5 Å². The van der Waals surface area contributed by atoms with E-state index >= 15 is 0 Å². The van der Waals surface area contributed by atoms with Crippen molar-refractivity contribution in [1.29, 1.82) is 0 Å². The van der Waals surface area contributed by atoms with E-state index in [9.17, 15) is 9.18 Å². The molecule has 0 saturated carbocycles. The van der Waals surface area contributed by atoms with Crippen molar-refractivity contribution < 1.29 is 13.9 Å². The lowest BCUT2D eigenvalue weighted by molar-refractivity contribution is 0.0962. The largest absolute Gasteiger partial charge is 0.492 e. The monoisotopic (exact) mass is 370 g/mol. The number of para-hydroxylation sites is 1. The van der Waals surface area contributed by atoms with Crippen molar-refractivity contribution >= 4 is 28.4 Å². The van der Waals surface area contributed by atoms with Gasteiger partial charge in [-0.2, -0.15) is 0 Å². The predicted octanol–water partition coefficient (Wildman–Crippen LogP) is 4.08. The van der Waals surface area contributed by atoms with Crippen molar-refractivity contribution in [3.05, 3.63) is 63.5 Å². The molecule has 2 aromatic rings. The lowest BCUT2D eigenvalue weighted by Gasteiger charge is -2.07. The van der Waals surface area contributed by atoms with Gasteiger partial charge in [0, 0.05) is 12.0 Å². The van der Waals surface area contributed by atoms with Crippen molar-refractivity contribution in [3.8, 4) is 5.75 Å². The summed E-state index contributed by atoms with van der Waals surface area (Å²) in [6.45, 7) is 0.316. The van der Waals surface area contributed by atoms with Gasteiger partial charge >= 0.3 is 0 Å². The fraction of sp³-hybridized carbons (Fsp3) is 0.133. The van der Waals surface area contributed by atoms with Gasteiger partial charge in [-0.15, -0.1) is 0 Å². The summed E-state index contributed by atoms with van der Waals surface area (Å²) in [5, 5.41) is 0. The molecule has 0 aliphatic rings. The smallest absolute Gasteiger partial charge is 0.166 e. The van der Waals surface area contributed by atoms with Gasteiger partial charge in [0.15, 0.2) is 5.78 Å². The molecule has 0 bridgehead atoms. The van der Waals surface area contributed by atoms with Crippen molar-refractivity contribution in [1.82, 2.24) is 0 Å². The molecule has 2 rings (SSSR count). The van der Waals surface area contributed by atoms with Gasteiger partial charge in [0.1, 0.15) is 11.6 Å². The molecule has 0 aliphatic carbocycles. The molecule has 19 heavy (non-hydrogen) atoms. The normalized spacial score (nSPS) is 10.2. The minimum Gasteiger partial charge on any atom is -0.492 e. The molecular weight excluding hydrogens is 358 g/mol. The van der Waals surface area contributed by atoms with Crippen molar-refractivity contribution in [2.45, 2.75) is 6.42 Å². The fourth-order valence-electron chi connectivity index (χ4n) is 1.60. The number of benzene rings is 2. The van der Waals surface area contributed by atoms with Gasteiger partial charge in [-0.3, -0.25) is 4.79 Å². The number of ketones is 1. The third-order valence-electron chi connectivity index (χ3n) is 2.59. The Kier molecular flexibility index (Phi) is 4.90. The molecule has 0 atom stereocenters. The second kappa shape index (κ2) is 6.65. The van der Waals surface area contributed by atoms with Crippen LogP contribution in [0.5, 0.6) is 5.75 Å². The highest BCUT2D eigenvalue weighted by Crippen LogP contribution is 2.19. The molecule has 0 radical (unpaired) electrons. The lowest BCUT2D eigenvalue weighted by Crippen LogP contribution is -2.07. The average Bonchev–Trinajstić information content (AvgIpc) is 2.41. The summed E-state index contributed by atoms with van der Waals surface area (Å²) in [6.07, 6.45) is 0.274. The van der Waals surface area contributed by atoms with Gasteiger partial charge in [-0.25, -0.2) is 4.39 Å². The predicted molar refractivity (Wildman–Crippen MR) is 80.0 cm³/mol. The number of carbonyl (C=O) groups is 1. The number of carbonyl (C=O) groups excluding carboxylic acids is 1. The van der Waals surface area contributed by atoms with E-state index < -0.39 is 0 Å². The van der Waals surface area contributed by atoms with Crippen molar-refractivity contribution in [2.24, 2.45) is 0 Å². The standard InChI is InChI=1S/C15H12FIO2/c16-12-7-5-11(6-8-12)14(18)9-10-19-15-4-2-1-3-13(15)17/h1-8H,9-10H2. The average molecular weight is 370 g/mol. The van der Waals surface area contributed by atoms with Gasteiger partial charge in [0.25, 0.3) is 0 Å². The molecule has 0 heterocycles. The first-order valence-electron chi connectivity index (χ1n) is 5.83. The zero-order valence-corrected chi connectivity index (χ0v) is 12.3. The minimum atomic E-state index is -0.341. The topological polar surface area (TPSA) is 26.3 Å². The number of ether oxygens (including phenoxy) is 1. The molecule has 2 aromatic carbocycles. The lowest BCUT2D eigenvalue weighted by atomic mass is 10.1. The Bertz CT molecular complexity index is 567. The summed E-state index contributed by atoms with van der Waals surface area (Å²) in [6, 6.07) is 13.2. The summed E-state index contributed by atoms with van der Waals surface area (Å²) >= 11 is 2.18. The highest BCUT2D eigenvalue weighted by Gasteiger charge is 2.07. The van der Waals surface area contributed by atoms with Crippen LogP contribution in [0.4, 0.5) is 4.39 Å². The van der Waals surface area contributed by atoms with Gasteiger partial charge in [0.2, 0.25) is 0 Å². The molecule has 98 valence electrons. The summed E-state index contributed by atoms with van der Waals surface area (Å²) < 4.78 is 19.3. The van der Waals surface area contributed by atoms with Gasteiger partial charge in [-0.05, 0) is 59.0 Å². The van der Waals surface area contributed by atoms with E-state index in [1.165, 1.54) is 24.3 Å². The van der Waals surface area contributed by atoms with E-state index in [-0.39, 0.29) is 18.0 Å². The molecule has 0 saturated heterocycles. The van der Waals surface area contributed by atoms with E-state index in [2.05, 4.69) is 22.6 Å². The van der Waals surface area contributed by atoms with Gasteiger partial charge < -0.3 is 4.74 Å². The van der Waals surface area contributed by atoms with Crippen LogP contribution >= 0.6 is 22.6 Å². The number of halogens is 2. The molecule has 0 fully saturated rings. The maximum Gasteiger partial charge on any atom is 0.166 e. The Morgan fingerprint density at radius 1 is 1.11 bits per heavy atom. The number of hydrogen-bond donors (Lipinski definition) is 0. The maximum absolute atomic E-state index is 12.7. The Morgan fingerprint density at radius 3 is 2.47 bits per heavy atom. The molecule has 2 nitrogen and oxygen atoms in total. The first-order chi connectivity index (χ1) is 9.16. The Morgan fingerprint density at radius 2 is 1.79 bits per heavy atom. The SMILES string of the molecule is O=C(CCOc1ccccc1I)c1ccc(F)cc1. The van der Waals surface area contributed by atoms with Crippen LogP contribution in [-0.4, -0.2) is 12.4 Å². The number of hydrogen-bond acceptors (Lipinski definition) is 2. The quantitative estimate of drug-likeness (QED) is 0.586. The molecule has 0 aromatic heterocycles. The van der Waals surface area contributed by atoms with Crippen molar-refractivity contribution in [2.75, 3.05) is 6.61 Å². The second-order valence-corrected chi connectivity index (χ2v) is 5.12. The van der Waals surface area contributed by atoms with Crippen LogP contribution in [0.1, 0.15) is 16.8 Å². The highest BCUT2D eigenvalue weighted by atomic mass is 127. The van der Waals surface area contributed by atoms with Gasteiger partial charge in [-0.1, -0.05) is 12.1 Å². The molecule has 0 unspecified atom stereocenters. The van der Waals surface area contributed by atoms with Crippen LogP contribution in [0.2, 0.25) is 0 Å². The van der Waals surface area contributed by atoms with Crippen LogP contribution < -0.4 is 4.74 Å². The summed E-state index contributed by atoms with van der Waals surface area (Å²) in [5.74, 6) is 0.382. The maximum atomic E-state index is 12.7. The first-order valence-corrected chi connectivity index (χ1v) is 6.91. The third-order valence-corrected chi connectivity index (χ3v) is 3.48. The van der Waals surface area contributed by atoms with Crippen molar-refractivity contribution in [3.63, 3.8) is 0 Å². The fourth-order valence-corrected chi connectivity index (χ4v) is 2.14. The Labute approximate surface area is 124 Å². The van der Waals surface area contributed by atoms with E-state index in [0.29, 0.717) is 12.2 Å². The van der Waals surface area contributed by atoms with Crippen LogP contribution in [0.25, 0.3) is 0 Å². The molecule has 0 spiro atoms. The van der Waals surface area contributed by atoms with E-state index in [0.717, 1.165) is 9.32 Å². The second-order valence-electron chi connectivity index (χ2n) is 3.96. The van der Waals surface area contributed by atoms with E-state index in [1.54, 1.807) is 0 Å². The molecule has 0 N–H and O–H groups in total. The molecular formula is C15H12FIO2. The zero-order chi connectivity index (χ0) is 13.7. The van der Waals surface area contributed by atoms with Gasteiger partial charge in [0.05, 0.1) is 10.2 Å². The summed E-state index contributed by atoms with van der Waals surface area (Å²) in [7, 11) is 0. The van der Waals surface area contributed by atoms with Crippen LogP contribution in [0.3, 0.4) is 0 Å². The number of Topliss-reactive ketones (excluding diaryl/α,β-unsaturated/α-hetero) is 1. The summed E-state index contributed by atoms with van der Waals surface area (Å²) in [4.78, 5) is 11.8. The zero-order valence-electron chi connectivity index (χ0n) is 10.1. The molecule has 0 aliphatic heterocycles. The highest BCUT2D eigenvalue weighted by molar-refractivity contribution is 14.1. The first kappa shape index (κ1) is 14.0. The van der Waals surface area contributed by atoms with Crippen LogP contribution in [-0.2, 0) is 0 Å². The molecule has 4 heteroatoms. The van der Waals surface area contributed by atoms with Crippen LogP contribution in [0, 0.1) is 9.39 Å². The Hall–Kier alpha value is -1.43. The Balaban J connectivity index is 1.88. The van der Waals surface area contributed by atoms with E-state index in [1.807, 2.05) is 24.3 Å². The molecule has 0 amide bonds. The van der Waals surface area contributed by atoms with E-state index in [4.69, 9.17) is 4.74 Å².